The molecule has 3 aromatic rings. The van der Waals surface area contributed by atoms with Crippen molar-refractivity contribution in [2.45, 2.75) is 29.6 Å². The topological polar surface area (TPSA) is 120 Å². The van der Waals surface area contributed by atoms with E-state index < -0.39 is 20.7 Å². The average Bonchev–Trinajstić information content (AvgIpc) is 2.80. The molecule has 1 aliphatic rings. The molecule has 1 aromatic carbocycles. The van der Waals surface area contributed by atoms with Crippen molar-refractivity contribution in [3.8, 4) is 11.3 Å². The van der Waals surface area contributed by atoms with E-state index in [1.54, 1.807) is 50.2 Å². The molecule has 1 atom stereocenters. The highest BCUT2D eigenvalue weighted by atomic mass is 35.5. The summed E-state index contributed by atoms with van der Waals surface area (Å²) in [5, 5.41) is 3.61. The predicted octanol–water partition coefficient (Wildman–Crippen LogP) is 3.14. The fourth-order valence-corrected chi connectivity index (χ4v) is 5.20. The molecular weight excluding hydrogens is 450 g/mol. The second kappa shape index (κ2) is 8.74. The maximum absolute atomic E-state index is 13.5. The summed E-state index contributed by atoms with van der Waals surface area (Å²) >= 11 is 6.41. The summed E-state index contributed by atoms with van der Waals surface area (Å²) in [4.78, 5) is 13.6. The summed E-state index contributed by atoms with van der Waals surface area (Å²) in [5.41, 5.74) is 7.06. The maximum Gasteiger partial charge on any atom is 0.189 e. The molecular formula is C22H24ClN5O3S. The van der Waals surface area contributed by atoms with Crippen molar-refractivity contribution in [1.82, 2.24) is 20.3 Å². The zero-order valence-electron chi connectivity index (χ0n) is 17.7. The Balaban J connectivity index is 1.89. The summed E-state index contributed by atoms with van der Waals surface area (Å²) < 4.78 is 31.6. The molecule has 8 nitrogen and oxygen atoms in total. The van der Waals surface area contributed by atoms with Crippen LogP contribution in [0.3, 0.4) is 0 Å². The number of benzene rings is 1. The molecule has 1 aliphatic heterocycles. The van der Waals surface area contributed by atoms with E-state index in [2.05, 4.69) is 20.3 Å². The van der Waals surface area contributed by atoms with Gasteiger partial charge in [0.1, 0.15) is 16.7 Å². The zero-order chi connectivity index (χ0) is 22.9. The second-order valence-electron chi connectivity index (χ2n) is 7.98. The number of anilines is 1. The van der Waals surface area contributed by atoms with Crippen LogP contribution in [0.1, 0.15) is 31.5 Å². The molecule has 1 fully saturated rings. The zero-order valence-corrected chi connectivity index (χ0v) is 19.3. The molecule has 10 heteroatoms. The summed E-state index contributed by atoms with van der Waals surface area (Å²) in [7, 11) is -3.77. The number of pyridine rings is 1. The van der Waals surface area contributed by atoms with Crippen LogP contribution in [-0.4, -0.2) is 43.1 Å². The monoisotopic (exact) mass is 473 g/mol. The van der Waals surface area contributed by atoms with Crippen LogP contribution in [0.15, 0.2) is 53.6 Å². The Morgan fingerprint density at radius 2 is 1.94 bits per heavy atom. The van der Waals surface area contributed by atoms with Crippen LogP contribution in [0.2, 0.25) is 5.02 Å². The standard InChI is InChI=1S/C22H24ClN5O3S/c1-22(2,32(29,30)14-6-4-3-5-7-14)19-11-17(15-12-26-20(24)10-16(15)23)27-21(28-19)18-13-25-8-9-31-18/h3-7,10-12,18,25H,8-9,13H2,1-2H3,(H2,24,26). The van der Waals surface area contributed by atoms with Crippen LogP contribution in [-0.2, 0) is 19.3 Å². The molecule has 4 rings (SSSR count). The van der Waals surface area contributed by atoms with Gasteiger partial charge in [0.05, 0.1) is 27.9 Å². The minimum absolute atomic E-state index is 0.217. The number of sulfone groups is 1. The summed E-state index contributed by atoms with van der Waals surface area (Å²) in [6, 6.07) is 11.5. The first-order valence-electron chi connectivity index (χ1n) is 10.1. The third-order valence-corrected chi connectivity index (χ3v) is 8.21. The van der Waals surface area contributed by atoms with Gasteiger partial charge in [0, 0.05) is 24.8 Å². The van der Waals surface area contributed by atoms with Crippen LogP contribution < -0.4 is 11.1 Å². The van der Waals surface area contributed by atoms with E-state index in [1.165, 1.54) is 12.3 Å². The van der Waals surface area contributed by atoms with Gasteiger partial charge in [-0.25, -0.2) is 23.4 Å². The first-order valence-corrected chi connectivity index (χ1v) is 12.0. The highest BCUT2D eigenvalue weighted by Crippen LogP contribution is 2.37. The van der Waals surface area contributed by atoms with Crippen molar-refractivity contribution in [3.63, 3.8) is 0 Å². The molecule has 0 amide bonds. The van der Waals surface area contributed by atoms with Crippen molar-refractivity contribution >= 4 is 27.3 Å². The maximum atomic E-state index is 13.5. The van der Waals surface area contributed by atoms with Crippen LogP contribution in [0.25, 0.3) is 11.3 Å². The second-order valence-corrected chi connectivity index (χ2v) is 10.9. The summed E-state index contributed by atoms with van der Waals surface area (Å²) in [6.45, 7) is 5.01. The quantitative estimate of drug-likeness (QED) is 0.579. The van der Waals surface area contributed by atoms with Crippen molar-refractivity contribution < 1.29 is 13.2 Å². The van der Waals surface area contributed by atoms with E-state index in [4.69, 9.17) is 22.1 Å². The normalized spacial score (nSPS) is 17.3. The molecule has 0 saturated carbocycles. The Morgan fingerprint density at radius 3 is 2.59 bits per heavy atom. The van der Waals surface area contributed by atoms with E-state index >= 15 is 0 Å². The number of morpholine rings is 1. The minimum atomic E-state index is -3.77. The van der Waals surface area contributed by atoms with Crippen LogP contribution in [0.5, 0.6) is 0 Å². The van der Waals surface area contributed by atoms with Gasteiger partial charge < -0.3 is 15.8 Å². The number of nitrogens with zero attached hydrogens (tertiary/aromatic N) is 3. The van der Waals surface area contributed by atoms with E-state index in [-0.39, 0.29) is 10.7 Å². The van der Waals surface area contributed by atoms with E-state index in [0.717, 1.165) is 6.54 Å². The van der Waals surface area contributed by atoms with Crippen molar-refractivity contribution in [2.75, 3.05) is 25.4 Å². The highest BCUT2D eigenvalue weighted by molar-refractivity contribution is 7.92. The smallest absolute Gasteiger partial charge is 0.189 e. The first-order chi connectivity index (χ1) is 15.2. The fraction of sp³-hybridized carbons (Fsp3) is 0.318. The number of nitrogens with one attached hydrogen (secondary N) is 1. The molecule has 3 N–H and O–H groups in total. The molecule has 168 valence electrons. The van der Waals surface area contributed by atoms with Gasteiger partial charge in [0.25, 0.3) is 0 Å². The van der Waals surface area contributed by atoms with Gasteiger partial charge in [-0.1, -0.05) is 29.8 Å². The molecule has 0 radical (unpaired) electrons. The molecule has 0 bridgehead atoms. The molecule has 32 heavy (non-hydrogen) atoms. The Kier molecular flexibility index (Phi) is 6.17. The third-order valence-electron chi connectivity index (χ3n) is 5.45. The number of nitrogens with two attached hydrogens (primary N) is 1. The van der Waals surface area contributed by atoms with Gasteiger partial charge in [-0.3, -0.25) is 0 Å². The molecule has 1 unspecified atom stereocenters. The lowest BCUT2D eigenvalue weighted by atomic mass is 10.1. The SMILES string of the molecule is CC(C)(c1cc(-c2cnc(N)cc2Cl)nc(C2CNCCO2)n1)S(=O)(=O)c1ccccc1. The molecule has 2 aromatic heterocycles. The number of nitrogen functional groups attached to an aromatic ring is 1. The average molecular weight is 474 g/mol. The van der Waals surface area contributed by atoms with Gasteiger partial charge in [-0.15, -0.1) is 0 Å². The first kappa shape index (κ1) is 22.6. The van der Waals surface area contributed by atoms with Crippen molar-refractivity contribution in [1.29, 1.82) is 0 Å². The van der Waals surface area contributed by atoms with Gasteiger partial charge in [0.2, 0.25) is 0 Å². The lowest BCUT2D eigenvalue weighted by molar-refractivity contribution is 0.0220. The van der Waals surface area contributed by atoms with Crippen LogP contribution >= 0.6 is 11.6 Å². The lowest BCUT2D eigenvalue weighted by Crippen LogP contribution is -2.35. The number of ether oxygens (including phenoxy) is 1. The van der Waals surface area contributed by atoms with Crippen molar-refractivity contribution in [2.24, 2.45) is 0 Å². The Labute approximate surface area is 192 Å². The van der Waals surface area contributed by atoms with Gasteiger partial charge in [-0.2, -0.15) is 0 Å². The van der Waals surface area contributed by atoms with E-state index in [0.29, 0.717) is 40.9 Å². The van der Waals surface area contributed by atoms with Gasteiger partial charge >= 0.3 is 0 Å². The molecule has 0 aliphatic carbocycles. The fourth-order valence-electron chi connectivity index (χ4n) is 3.45. The van der Waals surface area contributed by atoms with Crippen molar-refractivity contribution in [3.05, 3.63) is 65.2 Å². The number of hydrogen-bond donors (Lipinski definition) is 2. The summed E-state index contributed by atoms with van der Waals surface area (Å²) in [6.07, 6.45) is 1.10. The highest BCUT2D eigenvalue weighted by Gasteiger charge is 2.40. The largest absolute Gasteiger partial charge is 0.384 e. The third kappa shape index (κ3) is 4.21. The Morgan fingerprint density at radius 1 is 1.19 bits per heavy atom. The van der Waals surface area contributed by atoms with Gasteiger partial charge in [-0.05, 0) is 38.1 Å². The number of aromatic nitrogens is 3. The number of rotatable bonds is 5. The Hall–Kier alpha value is -2.59. The number of hydrogen-bond acceptors (Lipinski definition) is 8. The summed E-state index contributed by atoms with van der Waals surface area (Å²) in [5.74, 6) is 0.661. The van der Waals surface area contributed by atoms with Crippen LogP contribution in [0, 0.1) is 0 Å². The van der Waals surface area contributed by atoms with Gasteiger partial charge in [0.15, 0.2) is 15.7 Å². The molecule has 1 saturated heterocycles. The minimum Gasteiger partial charge on any atom is -0.384 e. The predicted molar refractivity (Wildman–Crippen MR) is 123 cm³/mol. The van der Waals surface area contributed by atoms with Crippen LogP contribution in [0.4, 0.5) is 5.82 Å². The molecule has 3 heterocycles. The number of halogens is 1. The molecule has 0 spiro atoms. The van der Waals surface area contributed by atoms with E-state index in [1.807, 2.05) is 0 Å². The Bertz CT molecular complexity index is 1230. The lowest BCUT2D eigenvalue weighted by Gasteiger charge is -2.27. The van der Waals surface area contributed by atoms with E-state index in [9.17, 15) is 8.42 Å².